The Morgan fingerprint density at radius 3 is 1.58 bits per heavy atom. The number of hydrogen-bond donors (Lipinski definition) is 2. The van der Waals surface area contributed by atoms with Gasteiger partial charge in [-0.05, 0) is 94.9 Å². The van der Waals surface area contributed by atoms with Crippen molar-refractivity contribution in [3.8, 4) is 22.6 Å². The molecular formula is C34H38N2O2. The fraction of sp³-hybridized carbons (Fsp3) is 0.235. The number of anilines is 2. The number of benzene rings is 4. The first-order valence-corrected chi connectivity index (χ1v) is 13.5. The molecule has 0 bridgehead atoms. The summed E-state index contributed by atoms with van der Waals surface area (Å²) in [6, 6.07) is 28.4. The fourth-order valence-electron chi connectivity index (χ4n) is 4.21. The normalized spacial score (nSPS) is 12.1. The van der Waals surface area contributed by atoms with Crippen molar-refractivity contribution in [2.45, 2.75) is 39.5 Å². The number of nitrogen functional groups attached to an aromatic ring is 2. The Balaban J connectivity index is 1.79. The van der Waals surface area contributed by atoms with Crippen LogP contribution in [0.2, 0.25) is 0 Å². The molecule has 0 aliphatic rings. The van der Waals surface area contributed by atoms with Gasteiger partial charge in [0.05, 0.1) is 13.2 Å². The fourth-order valence-corrected chi connectivity index (χ4v) is 4.21. The highest BCUT2D eigenvalue weighted by molar-refractivity contribution is 5.73. The molecule has 0 unspecified atom stereocenters. The zero-order chi connectivity index (χ0) is 26.7. The minimum absolute atomic E-state index is 0.721. The summed E-state index contributed by atoms with van der Waals surface area (Å²) < 4.78 is 11.7. The second-order valence-electron chi connectivity index (χ2n) is 9.48. The van der Waals surface area contributed by atoms with Crippen LogP contribution in [0.5, 0.6) is 11.5 Å². The molecule has 4 nitrogen and oxygen atoms in total. The smallest absolute Gasteiger partial charge is 0.119 e. The third kappa shape index (κ3) is 7.19. The summed E-state index contributed by atoms with van der Waals surface area (Å²) in [5.74, 6) is 1.77. The summed E-state index contributed by atoms with van der Waals surface area (Å²) in [7, 11) is 0. The van der Waals surface area contributed by atoms with Gasteiger partial charge in [-0.25, -0.2) is 0 Å². The second kappa shape index (κ2) is 13.4. The van der Waals surface area contributed by atoms with Crippen molar-refractivity contribution in [1.82, 2.24) is 0 Å². The minimum Gasteiger partial charge on any atom is -0.494 e. The summed E-state index contributed by atoms with van der Waals surface area (Å²) in [4.78, 5) is 0. The number of unbranched alkanes of at least 4 members (excludes halogenated alkanes) is 2. The van der Waals surface area contributed by atoms with E-state index in [2.05, 4.69) is 68.5 Å². The highest BCUT2D eigenvalue weighted by Gasteiger charge is 2.06. The molecule has 0 spiro atoms. The number of nitrogens with two attached hydrogens (primary N) is 2. The van der Waals surface area contributed by atoms with Crippen LogP contribution in [0.25, 0.3) is 23.3 Å². The van der Waals surface area contributed by atoms with Gasteiger partial charge in [0, 0.05) is 16.6 Å². The Hall–Kier alpha value is -4.18. The number of hydrogen-bond acceptors (Lipinski definition) is 4. The van der Waals surface area contributed by atoms with E-state index in [9.17, 15) is 0 Å². The Morgan fingerprint density at radius 1 is 0.579 bits per heavy atom. The summed E-state index contributed by atoms with van der Waals surface area (Å²) >= 11 is 0. The highest BCUT2D eigenvalue weighted by atomic mass is 16.5. The molecule has 4 rings (SSSR count). The van der Waals surface area contributed by atoms with Crippen LogP contribution in [0, 0.1) is 0 Å². The van der Waals surface area contributed by atoms with Gasteiger partial charge in [-0.3, -0.25) is 0 Å². The lowest BCUT2D eigenvalue weighted by Crippen LogP contribution is -2.30. The van der Waals surface area contributed by atoms with Crippen molar-refractivity contribution < 1.29 is 9.47 Å². The predicted molar refractivity (Wildman–Crippen MR) is 161 cm³/mol. The molecule has 0 saturated carbocycles. The van der Waals surface area contributed by atoms with E-state index >= 15 is 0 Å². The maximum atomic E-state index is 6.58. The van der Waals surface area contributed by atoms with Gasteiger partial charge in [0.15, 0.2) is 0 Å². The van der Waals surface area contributed by atoms with Gasteiger partial charge >= 0.3 is 0 Å². The van der Waals surface area contributed by atoms with E-state index in [0.29, 0.717) is 0 Å². The van der Waals surface area contributed by atoms with Crippen molar-refractivity contribution in [1.29, 1.82) is 0 Å². The van der Waals surface area contributed by atoms with Crippen LogP contribution in [0.4, 0.5) is 11.4 Å². The summed E-state index contributed by atoms with van der Waals surface area (Å²) in [6.45, 7) is 5.79. The molecule has 0 amide bonds. The lowest BCUT2D eigenvalue weighted by atomic mass is 9.98. The van der Waals surface area contributed by atoms with Crippen molar-refractivity contribution in [2.24, 2.45) is 0 Å². The largest absolute Gasteiger partial charge is 0.494 e. The molecule has 0 atom stereocenters. The average Bonchev–Trinajstić information content (AvgIpc) is 2.93. The van der Waals surface area contributed by atoms with Crippen molar-refractivity contribution >= 4 is 23.5 Å². The Labute approximate surface area is 226 Å². The van der Waals surface area contributed by atoms with E-state index in [-0.39, 0.29) is 0 Å². The van der Waals surface area contributed by atoms with Gasteiger partial charge in [-0.15, -0.1) is 0 Å². The standard InChI is InChI=1S/C34H38N2O2/c1-3-5-21-37-29-15-7-25(8-16-29)23-32-31(27-11-13-28(35)14-12-27)19-20-34(36)33(32)24-26-9-17-30(18-10-26)38-22-6-4-2/h7-20,23-24H,3-6,21-22,35-36H2,1-2H3. The number of ether oxygens (including phenoxy) is 2. The van der Waals surface area contributed by atoms with E-state index in [1.807, 2.05) is 42.5 Å². The summed E-state index contributed by atoms with van der Waals surface area (Å²) in [5, 5.41) is 2.03. The molecule has 196 valence electrons. The monoisotopic (exact) mass is 506 g/mol. The molecule has 38 heavy (non-hydrogen) atoms. The maximum absolute atomic E-state index is 6.58. The minimum atomic E-state index is 0.721. The van der Waals surface area contributed by atoms with E-state index in [1.165, 1.54) is 0 Å². The van der Waals surface area contributed by atoms with Gasteiger partial charge < -0.3 is 20.9 Å². The zero-order valence-corrected chi connectivity index (χ0v) is 22.5. The van der Waals surface area contributed by atoms with Crippen molar-refractivity contribution in [3.05, 3.63) is 106 Å². The molecular weight excluding hydrogens is 468 g/mol. The van der Waals surface area contributed by atoms with E-state index in [1.54, 1.807) is 0 Å². The third-order valence-corrected chi connectivity index (χ3v) is 6.46. The van der Waals surface area contributed by atoms with Crippen LogP contribution in [-0.2, 0) is 0 Å². The van der Waals surface area contributed by atoms with Gasteiger partial charge in [0.1, 0.15) is 11.5 Å². The van der Waals surface area contributed by atoms with Crippen molar-refractivity contribution in [2.75, 3.05) is 24.7 Å². The van der Waals surface area contributed by atoms with Gasteiger partial charge in [-0.1, -0.05) is 69.2 Å². The molecule has 0 aliphatic carbocycles. The topological polar surface area (TPSA) is 70.5 Å². The number of rotatable bonds is 11. The van der Waals surface area contributed by atoms with Crippen LogP contribution in [0.1, 0.15) is 50.7 Å². The molecule has 0 radical (unpaired) electrons. The SMILES string of the molecule is CCCCOc1ccc(C=c2c(N)ccc(-c3ccc(N)cc3)c2=Cc2ccc(OCCCC)cc2)cc1. The van der Waals surface area contributed by atoms with E-state index < -0.39 is 0 Å². The first-order valence-electron chi connectivity index (χ1n) is 13.5. The predicted octanol–water partition coefficient (Wildman–Crippen LogP) is 6.53. The molecule has 4 aromatic rings. The van der Waals surface area contributed by atoms with E-state index in [4.69, 9.17) is 20.9 Å². The van der Waals surface area contributed by atoms with Crippen molar-refractivity contribution in [3.63, 3.8) is 0 Å². The zero-order valence-electron chi connectivity index (χ0n) is 22.5. The van der Waals surface area contributed by atoms with Crippen LogP contribution >= 0.6 is 0 Å². The quantitative estimate of drug-likeness (QED) is 0.179. The Kier molecular flexibility index (Phi) is 9.47. The molecule has 0 aromatic heterocycles. The van der Waals surface area contributed by atoms with E-state index in [0.717, 1.165) is 94.5 Å². The van der Waals surface area contributed by atoms with Gasteiger partial charge in [0.25, 0.3) is 0 Å². The van der Waals surface area contributed by atoms with Crippen LogP contribution in [-0.4, -0.2) is 13.2 Å². The average molecular weight is 507 g/mol. The van der Waals surface area contributed by atoms with Gasteiger partial charge in [0.2, 0.25) is 0 Å². The molecule has 0 fully saturated rings. The summed E-state index contributed by atoms with van der Waals surface area (Å²) in [5.41, 5.74) is 18.3. The van der Waals surface area contributed by atoms with Gasteiger partial charge in [-0.2, -0.15) is 0 Å². The molecule has 0 aliphatic heterocycles. The lowest BCUT2D eigenvalue weighted by molar-refractivity contribution is 0.309. The molecule has 4 N–H and O–H groups in total. The summed E-state index contributed by atoms with van der Waals surface area (Å²) in [6.07, 6.45) is 8.65. The lowest BCUT2D eigenvalue weighted by Gasteiger charge is -2.09. The molecule has 4 aromatic carbocycles. The maximum Gasteiger partial charge on any atom is 0.119 e. The molecule has 4 heteroatoms. The molecule has 0 saturated heterocycles. The first kappa shape index (κ1) is 26.9. The third-order valence-electron chi connectivity index (χ3n) is 6.46. The second-order valence-corrected chi connectivity index (χ2v) is 9.48. The highest BCUT2D eigenvalue weighted by Crippen LogP contribution is 2.19. The molecule has 0 heterocycles. The van der Waals surface area contributed by atoms with Crippen LogP contribution in [0.15, 0.2) is 84.9 Å². The Morgan fingerprint density at radius 2 is 1.08 bits per heavy atom. The first-order chi connectivity index (χ1) is 18.6. The van der Waals surface area contributed by atoms with Crippen LogP contribution in [0.3, 0.4) is 0 Å². The Bertz CT molecular complexity index is 1420. The van der Waals surface area contributed by atoms with Crippen LogP contribution < -0.4 is 31.4 Å².